The van der Waals surface area contributed by atoms with Crippen LogP contribution in [0.4, 0.5) is 0 Å². The van der Waals surface area contributed by atoms with E-state index in [0.29, 0.717) is 6.61 Å². The Hall–Kier alpha value is -1.16. The van der Waals surface area contributed by atoms with Gasteiger partial charge in [0.2, 0.25) is 0 Å². The monoisotopic (exact) mass is 312 g/mol. The lowest BCUT2D eigenvalue weighted by molar-refractivity contribution is -0.154. The first-order valence-corrected chi connectivity index (χ1v) is 8.33. The average molecular weight is 312 g/mol. The maximum Gasteiger partial charge on any atom is 0.334 e. The number of carbonyl (C=O) groups excluding carboxylic acids is 2. The van der Waals surface area contributed by atoms with Crippen LogP contribution in [0.5, 0.6) is 0 Å². The molecule has 4 nitrogen and oxygen atoms in total. The summed E-state index contributed by atoms with van der Waals surface area (Å²) in [5.74, 6) is -0.00951. The molecule has 0 saturated carbocycles. The summed E-state index contributed by atoms with van der Waals surface area (Å²) < 4.78 is 10.00. The Labute approximate surface area is 135 Å². The van der Waals surface area contributed by atoms with Crippen molar-refractivity contribution in [3.05, 3.63) is 12.7 Å². The summed E-state index contributed by atoms with van der Waals surface area (Å²) in [6.45, 7) is 7.38. The van der Waals surface area contributed by atoms with Gasteiger partial charge in [-0.2, -0.15) is 0 Å². The van der Waals surface area contributed by atoms with Crippen molar-refractivity contribution in [3.63, 3.8) is 0 Å². The first kappa shape index (κ1) is 20.8. The number of esters is 1. The minimum Gasteiger partial charge on any atom is -0.464 e. The number of unbranched alkanes of at least 4 members (excludes halogenated alkanes) is 4. The lowest BCUT2D eigenvalue weighted by Gasteiger charge is -2.14. The highest BCUT2D eigenvalue weighted by Crippen LogP contribution is 2.18. The van der Waals surface area contributed by atoms with Crippen molar-refractivity contribution in [3.8, 4) is 0 Å². The molecule has 0 rings (SSSR count). The minimum atomic E-state index is -0.529. The molecule has 128 valence electrons. The summed E-state index contributed by atoms with van der Waals surface area (Å²) in [4.78, 5) is 23.1. The Morgan fingerprint density at radius 2 is 1.73 bits per heavy atom. The van der Waals surface area contributed by atoms with Crippen LogP contribution >= 0.6 is 0 Å². The molecule has 0 fully saturated rings. The van der Waals surface area contributed by atoms with Crippen LogP contribution in [-0.2, 0) is 19.1 Å². The van der Waals surface area contributed by atoms with Crippen molar-refractivity contribution in [1.29, 1.82) is 0 Å². The molecular formula is C18H32O4. The van der Waals surface area contributed by atoms with Gasteiger partial charge in [-0.25, -0.2) is 4.79 Å². The number of ketones is 1. The number of hydrogen-bond acceptors (Lipinski definition) is 4. The van der Waals surface area contributed by atoms with Gasteiger partial charge < -0.3 is 9.47 Å². The van der Waals surface area contributed by atoms with E-state index in [1.807, 2.05) is 6.08 Å². The van der Waals surface area contributed by atoms with Gasteiger partial charge in [-0.3, -0.25) is 4.79 Å². The number of rotatable bonds is 14. The molecule has 0 aromatic rings. The molecule has 22 heavy (non-hydrogen) atoms. The predicted molar refractivity (Wildman–Crippen MR) is 88.7 cm³/mol. The van der Waals surface area contributed by atoms with Crippen molar-refractivity contribution in [2.75, 3.05) is 13.7 Å². The summed E-state index contributed by atoms with van der Waals surface area (Å²) in [5.41, 5.74) is 0. The van der Waals surface area contributed by atoms with Gasteiger partial charge in [0.1, 0.15) is 5.78 Å². The standard InChI is InChI=1S/C18H32O4/c1-5-6-7-8-9-10-12-17(15(2)19)13-11-14-22-18(20)16(3)21-4/h5,16-17H,1,6-14H2,2-4H3. The second kappa shape index (κ2) is 13.5. The molecule has 0 spiro atoms. The summed E-state index contributed by atoms with van der Waals surface area (Å²) in [5, 5.41) is 0. The molecule has 0 N–H and O–H groups in total. The molecule has 0 saturated heterocycles. The van der Waals surface area contributed by atoms with E-state index in [4.69, 9.17) is 9.47 Å². The van der Waals surface area contributed by atoms with E-state index in [1.165, 1.54) is 20.0 Å². The maximum absolute atomic E-state index is 11.7. The zero-order valence-corrected chi connectivity index (χ0v) is 14.4. The van der Waals surface area contributed by atoms with Gasteiger partial charge in [-0.15, -0.1) is 6.58 Å². The van der Waals surface area contributed by atoms with Gasteiger partial charge in [0.25, 0.3) is 0 Å². The SMILES string of the molecule is C=CCCCCCCC(CCCOC(=O)C(C)OC)C(C)=O. The van der Waals surface area contributed by atoms with Crippen LogP contribution in [0.15, 0.2) is 12.7 Å². The lowest BCUT2D eigenvalue weighted by atomic mass is 9.92. The van der Waals surface area contributed by atoms with Gasteiger partial charge in [-0.05, 0) is 46.0 Å². The summed E-state index contributed by atoms with van der Waals surface area (Å²) >= 11 is 0. The zero-order valence-electron chi connectivity index (χ0n) is 14.4. The van der Waals surface area contributed by atoms with Gasteiger partial charge in [0.15, 0.2) is 6.10 Å². The van der Waals surface area contributed by atoms with Gasteiger partial charge in [-0.1, -0.05) is 25.3 Å². The van der Waals surface area contributed by atoms with Crippen molar-refractivity contribution in [2.24, 2.45) is 5.92 Å². The molecule has 0 radical (unpaired) electrons. The lowest BCUT2D eigenvalue weighted by Crippen LogP contribution is -2.22. The maximum atomic E-state index is 11.7. The number of carbonyl (C=O) groups is 2. The smallest absolute Gasteiger partial charge is 0.334 e. The Bertz CT molecular complexity index is 325. The van der Waals surface area contributed by atoms with E-state index in [-0.39, 0.29) is 17.7 Å². The fraction of sp³-hybridized carbons (Fsp3) is 0.778. The molecule has 0 aliphatic heterocycles. The molecular weight excluding hydrogens is 280 g/mol. The van der Waals surface area contributed by atoms with E-state index in [0.717, 1.165) is 38.5 Å². The Kier molecular flexibility index (Phi) is 12.8. The van der Waals surface area contributed by atoms with E-state index in [1.54, 1.807) is 13.8 Å². The number of allylic oxidation sites excluding steroid dienone is 1. The van der Waals surface area contributed by atoms with E-state index >= 15 is 0 Å². The zero-order chi connectivity index (χ0) is 16.8. The third kappa shape index (κ3) is 10.6. The Morgan fingerprint density at radius 3 is 2.32 bits per heavy atom. The van der Waals surface area contributed by atoms with Crippen LogP contribution in [0.2, 0.25) is 0 Å². The van der Waals surface area contributed by atoms with Crippen LogP contribution in [0, 0.1) is 5.92 Å². The second-order valence-corrected chi connectivity index (χ2v) is 5.78. The van der Waals surface area contributed by atoms with E-state index in [2.05, 4.69) is 6.58 Å². The number of ether oxygens (including phenoxy) is 2. The van der Waals surface area contributed by atoms with Crippen molar-refractivity contribution < 1.29 is 19.1 Å². The van der Waals surface area contributed by atoms with Crippen LogP contribution < -0.4 is 0 Å². The topological polar surface area (TPSA) is 52.6 Å². The second-order valence-electron chi connectivity index (χ2n) is 5.78. The third-order valence-electron chi connectivity index (χ3n) is 3.91. The van der Waals surface area contributed by atoms with Gasteiger partial charge in [0, 0.05) is 13.0 Å². The first-order chi connectivity index (χ1) is 10.5. The third-order valence-corrected chi connectivity index (χ3v) is 3.91. The quantitative estimate of drug-likeness (QED) is 0.275. The molecule has 0 aliphatic rings. The van der Waals surface area contributed by atoms with Crippen molar-refractivity contribution in [1.82, 2.24) is 0 Å². The van der Waals surface area contributed by atoms with Crippen LogP contribution in [0.3, 0.4) is 0 Å². The highest BCUT2D eigenvalue weighted by atomic mass is 16.6. The molecule has 0 aromatic heterocycles. The normalized spacial score (nSPS) is 13.4. The van der Waals surface area contributed by atoms with Gasteiger partial charge in [0.05, 0.1) is 6.61 Å². The Balaban J connectivity index is 3.79. The highest BCUT2D eigenvalue weighted by Gasteiger charge is 2.15. The Morgan fingerprint density at radius 1 is 1.09 bits per heavy atom. The van der Waals surface area contributed by atoms with Gasteiger partial charge >= 0.3 is 5.97 Å². The summed E-state index contributed by atoms with van der Waals surface area (Å²) in [6.07, 6.45) is 9.57. The number of hydrogen-bond donors (Lipinski definition) is 0. The first-order valence-electron chi connectivity index (χ1n) is 8.33. The van der Waals surface area contributed by atoms with Crippen LogP contribution in [-0.4, -0.2) is 31.6 Å². The molecule has 4 heteroatoms. The van der Waals surface area contributed by atoms with Crippen molar-refractivity contribution >= 4 is 11.8 Å². The molecule has 0 aromatic carbocycles. The summed E-state index contributed by atoms with van der Waals surface area (Å²) in [6, 6.07) is 0. The van der Waals surface area contributed by atoms with E-state index in [9.17, 15) is 9.59 Å². The fourth-order valence-corrected chi connectivity index (χ4v) is 2.30. The average Bonchev–Trinajstić information content (AvgIpc) is 2.51. The number of Topliss-reactive ketones (excluding diaryl/α,β-unsaturated/α-hetero) is 1. The molecule has 0 heterocycles. The highest BCUT2D eigenvalue weighted by molar-refractivity contribution is 5.78. The largest absolute Gasteiger partial charge is 0.464 e. The fourth-order valence-electron chi connectivity index (χ4n) is 2.30. The number of methoxy groups -OCH3 is 1. The molecule has 2 unspecified atom stereocenters. The van der Waals surface area contributed by atoms with Crippen molar-refractivity contribution in [2.45, 2.75) is 71.3 Å². The summed E-state index contributed by atoms with van der Waals surface area (Å²) in [7, 11) is 1.48. The molecule has 0 amide bonds. The van der Waals surface area contributed by atoms with Crippen LogP contribution in [0.25, 0.3) is 0 Å². The molecule has 2 atom stereocenters. The van der Waals surface area contributed by atoms with E-state index < -0.39 is 6.10 Å². The molecule has 0 bridgehead atoms. The predicted octanol–water partition coefficient (Wildman–Crippen LogP) is 4.08. The molecule has 0 aliphatic carbocycles. The minimum absolute atomic E-state index is 0.0953. The van der Waals surface area contributed by atoms with Crippen LogP contribution in [0.1, 0.15) is 65.2 Å².